The lowest BCUT2D eigenvalue weighted by Gasteiger charge is -2.10. The van der Waals surface area contributed by atoms with Crippen LogP contribution in [0.15, 0.2) is 91.4 Å². The van der Waals surface area contributed by atoms with Gasteiger partial charge in [0.2, 0.25) is 5.88 Å². The Morgan fingerprint density at radius 1 is 0.972 bits per heavy atom. The molecule has 7 nitrogen and oxygen atoms in total. The molecular weight excluding hydrogens is 459 g/mol. The zero-order valence-corrected chi connectivity index (χ0v) is 19.5. The minimum atomic E-state index is -0.490. The standard InChI is InChI=1S/C28H23FN4O3/c1-19-7-9-24(29)25(13-19)32-28(34)33-12-11-21-14-23(8-10-26(21)33)36-27-15-22(30-18-31-27)17-35-16-20-5-3-2-4-6-20/h2-15,18H,16-17H2,1H3,(H,32,34). The lowest BCUT2D eigenvalue weighted by Crippen LogP contribution is -2.19. The second kappa shape index (κ2) is 10.4. The lowest BCUT2D eigenvalue weighted by atomic mass is 10.2. The predicted molar refractivity (Wildman–Crippen MR) is 135 cm³/mol. The van der Waals surface area contributed by atoms with E-state index in [2.05, 4.69) is 15.3 Å². The molecule has 0 unspecified atom stereocenters. The Balaban J connectivity index is 1.25. The minimum absolute atomic E-state index is 0.133. The molecule has 0 bridgehead atoms. The average molecular weight is 483 g/mol. The molecule has 0 saturated heterocycles. The molecule has 1 amide bonds. The van der Waals surface area contributed by atoms with E-state index >= 15 is 0 Å². The first kappa shape index (κ1) is 23.2. The number of aryl methyl sites for hydroxylation is 1. The normalized spacial score (nSPS) is 10.9. The molecule has 5 aromatic rings. The number of benzene rings is 3. The summed E-state index contributed by atoms with van der Waals surface area (Å²) in [5, 5.41) is 3.41. The number of fused-ring (bicyclic) bond motifs is 1. The van der Waals surface area contributed by atoms with Crippen molar-refractivity contribution in [2.24, 2.45) is 0 Å². The first-order valence-corrected chi connectivity index (χ1v) is 11.3. The van der Waals surface area contributed by atoms with Crippen LogP contribution >= 0.6 is 0 Å². The number of hydrogen-bond acceptors (Lipinski definition) is 5. The molecule has 0 fully saturated rings. The van der Waals surface area contributed by atoms with Gasteiger partial charge in [-0.3, -0.25) is 4.57 Å². The number of aromatic nitrogens is 3. The van der Waals surface area contributed by atoms with Crippen LogP contribution in [0.5, 0.6) is 11.6 Å². The van der Waals surface area contributed by atoms with Crippen molar-refractivity contribution in [2.75, 3.05) is 5.32 Å². The van der Waals surface area contributed by atoms with E-state index in [1.54, 1.807) is 48.7 Å². The number of amides is 1. The fraction of sp³-hybridized carbons (Fsp3) is 0.107. The molecule has 0 aliphatic rings. The molecule has 0 radical (unpaired) electrons. The minimum Gasteiger partial charge on any atom is -0.439 e. The van der Waals surface area contributed by atoms with Gasteiger partial charge in [-0.15, -0.1) is 0 Å². The Morgan fingerprint density at radius 2 is 1.83 bits per heavy atom. The molecular formula is C28H23FN4O3. The number of carbonyl (C=O) groups excluding carboxylic acids is 1. The number of anilines is 1. The Hall–Kier alpha value is -4.56. The summed E-state index contributed by atoms with van der Waals surface area (Å²) in [6.07, 6.45) is 3.06. The summed E-state index contributed by atoms with van der Waals surface area (Å²) in [5.74, 6) is 0.450. The fourth-order valence-electron chi connectivity index (χ4n) is 3.75. The third-order valence-electron chi connectivity index (χ3n) is 5.53. The van der Waals surface area contributed by atoms with E-state index in [4.69, 9.17) is 9.47 Å². The second-order valence-corrected chi connectivity index (χ2v) is 8.25. The van der Waals surface area contributed by atoms with Crippen molar-refractivity contribution in [2.45, 2.75) is 20.1 Å². The Labute approximate surface area is 207 Å². The first-order chi connectivity index (χ1) is 17.5. The molecule has 0 spiro atoms. The van der Waals surface area contributed by atoms with Crippen LogP contribution in [-0.2, 0) is 18.0 Å². The molecule has 0 atom stereocenters. The lowest BCUT2D eigenvalue weighted by molar-refractivity contribution is 0.104. The summed E-state index contributed by atoms with van der Waals surface area (Å²) >= 11 is 0. The highest BCUT2D eigenvalue weighted by Crippen LogP contribution is 2.26. The van der Waals surface area contributed by atoms with Gasteiger partial charge in [-0.25, -0.2) is 19.2 Å². The number of nitrogens with one attached hydrogen (secondary N) is 1. The van der Waals surface area contributed by atoms with E-state index in [0.717, 1.165) is 16.5 Å². The summed E-state index contributed by atoms with van der Waals surface area (Å²) < 4.78 is 27.1. The van der Waals surface area contributed by atoms with Gasteiger partial charge >= 0.3 is 6.03 Å². The average Bonchev–Trinajstić information content (AvgIpc) is 3.31. The van der Waals surface area contributed by atoms with Crippen molar-refractivity contribution in [3.05, 3.63) is 114 Å². The van der Waals surface area contributed by atoms with E-state index in [1.165, 1.54) is 17.0 Å². The van der Waals surface area contributed by atoms with Gasteiger partial charge in [0.25, 0.3) is 0 Å². The van der Waals surface area contributed by atoms with Crippen LogP contribution in [0.2, 0.25) is 0 Å². The molecule has 2 heterocycles. The molecule has 36 heavy (non-hydrogen) atoms. The summed E-state index contributed by atoms with van der Waals surface area (Å²) in [7, 11) is 0. The third kappa shape index (κ3) is 5.39. The van der Waals surface area contributed by atoms with E-state index in [9.17, 15) is 9.18 Å². The highest BCUT2D eigenvalue weighted by molar-refractivity contribution is 5.98. The van der Waals surface area contributed by atoms with E-state index in [0.29, 0.717) is 36.1 Å². The summed E-state index contributed by atoms with van der Waals surface area (Å²) in [6, 6.07) is 22.8. The van der Waals surface area contributed by atoms with Gasteiger partial charge in [-0.1, -0.05) is 36.4 Å². The molecule has 0 aliphatic heterocycles. The van der Waals surface area contributed by atoms with Crippen LogP contribution in [0.25, 0.3) is 10.9 Å². The second-order valence-electron chi connectivity index (χ2n) is 8.25. The largest absolute Gasteiger partial charge is 0.439 e. The quantitative estimate of drug-likeness (QED) is 0.288. The zero-order valence-electron chi connectivity index (χ0n) is 19.5. The Morgan fingerprint density at radius 3 is 2.69 bits per heavy atom. The zero-order chi connectivity index (χ0) is 24.9. The van der Waals surface area contributed by atoms with Gasteiger partial charge in [0, 0.05) is 17.6 Å². The van der Waals surface area contributed by atoms with E-state index in [1.807, 2.05) is 37.3 Å². The monoisotopic (exact) mass is 482 g/mol. The van der Waals surface area contributed by atoms with Crippen molar-refractivity contribution >= 4 is 22.6 Å². The van der Waals surface area contributed by atoms with Crippen LogP contribution < -0.4 is 10.1 Å². The van der Waals surface area contributed by atoms with Gasteiger partial charge in [0.15, 0.2) is 0 Å². The van der Waals surface area contributed by atoms with Gasteiger partial charge in [0.1, 0.15) is 17.9 Å². The van der Waals surface area contributed by atoms with Crippen molar-refractivity contribution in [3.8, 4) is 11.6 Å². The molecule has 5 rings (SSSR count). The molecule has 2 aromatic heterocycles. The van der Waals surface area contributed by atoms with E-state index < -0.39 is 11.8 Å². The fourth-order valence-corrected chi connectivity index (χ4v) is 3.75. The Bertz CT molecular complexity index is 1520. The van der Waals surface area contributed by atoms with Crippen LogP contribution in [0, 0.1) is 12.7 Å². The molecule has 0 aliphatic carbocycles. The van der Waals surface area contributed by atoms with Crippen molar-refractivity contribution in [3.63, 3.8) is 0 Å². The van der Waals surface area contributed by atoms with E-state index in [-0.39, 0.29) is 5.69 Å². The number of hydrogen-bond donors (Lipinski definition) is 1. The summed E-state index contributed by atoms with van der Waals surface area (Å²) in [5.41, 5.74) is 3.42. The van der Waals surface area contributed by atoms with Crippen LogP contribution in [-0.4, -0.2) is 20.6 Å². The van der Waals surface area contributed by atoms with Crippen LogP contribution in [0.3, 0.4) is 0 Å². The van der Waals surface area contributed by atoms with Gasteiger partial charge in [-0.05, 0) is 54.4 Å². The van der Waals surface area contributed by atoms with Crippen LogP contribution in [0.1, 0.15) is 16.8 Å². The molecule has 3 aromatic carbocycles. The maximum absolute atomic E-state index is 14.1. The highest BCUT2D eigenvalue weighted by Gasteiger charge is 2.13. The topological polar surface area (TPSA) is 78.3 Å². The Kier molecular flexibility index (Phi) is 6.68. The first-order valence-electron chi connectivity index (χ1n) is 11.3. The van der Waals surface area contributed by atoms with Gasteiger partial charge < -0.3 is 14.8 Å². The number of nitrogens with zero attached hydrogens (tertiary/aromatic N) is 3. The smallest absolute Gasteiger partial charge is 0.330 e. The van der Waals surface area contributed by atoms with Gasteiger partial charge in [0.05, 0.1) is 30.1 Å². The van der Waals surface area contributed by atoms with Crippen LogP contribution in [0.4, 0.5) is 14.9 Å². The summed E-state index contributed by atoms with van der Waals surface area (Å²) in [6.45, 7) is 2.64. The van der Waals surface area contributed by atoms with Crippen molar-refractivity contribution in [1.82, 2.24) is 14.5 Å². The maximum atomic E-state index is 14.1. The number of ether oxygens (including phenoxy) is 2. The number of halogens is 1. The number of carbonyl (C=O) groups is 1. The van der Waals surface area contributed by atoms with Crippen molar-refractivity contribution < 1.29 is 18.7 Å². The predicted octanol–water partition coefficient (Wildman–Crippen LogP) is 6.47. The summed E-state index contributed by atoms with van der Waals surface area (Å²) in [4.78, 5) is 21.2. The SMILES string of the molecule is Cc1ccc(F)c(NC(=O)n2ccc3cc(Oc4cc(COCc5ccccc5)ncn4)ccc32)c1. The highest BCUT2D eigenvalue weighted by atomic mass is 19.1. The molecule has 8 heteroatoms. The van der Waals surface area contributed by atoms with Gasteiger partial charge in [-0.2, -0.15) is 0 Å². The van der Waals surface area contributed by atoms with Crippen molar-refractivity contribution in [1.29, 1.82) is 0 Å². The molecule has 1 N–H and O–H groups in total. The molecule has 180 valence electrons. The number of rotatable bonds is 7. The maximum Gasteiger partial charge on any atom is 0.330 e. The molecule has 0 saturated carbocycles. The third-order valence-corrected chi connectivity index (χ3v) is 5.53.